The van der Waals surface area contributed by atoms with Gasteiger partial charge in [0, 0.05) is 13.1 Å². The van der Waals surface area contributed by atoms with Gasteiger partial charge >= 0.3 is 6.01 Å². The van der Waals surface area contributed by atoms with Crippen LogP contribution in [0.15, 0.2) is 36.5 Å². The monoisotopic (exact) mass is 232 g/mol. The molecule has 1 heterocycles. The molecule has 0 fully saturated rings. The summed E-state index contributed by atoms with van der Waals surface area (Å²) in [5.74, 6) is -0.112. The first-order valence-electron chi connectivity index (χ1n) is 4.92. The average Bonchev–Trinajstić information content (AvgIpc) is 2.32. The van der Waals surface area contributed by atoms with E-state index in [0.29, 0.717) is 5.75 Å². The number of ether oxygens (including phenoxy) is 1. The molecule has 0 aliphatic heterocycles. The molecule has 2 aromatic rings. The molecule has 1 aromatic carbocycles. The molecule has 0 unspecified atom stereocenters. The van der Waals surface area contributed by atoms with E-state index in [-0.39, 0.29) is 23.3 Å². The number of halogens is 1. The van der Waals surface area contributed by atoms with Gasteiger partial charge in [0.05, 0.1) is 0 Å². The van der Waals surface area contributed by atoms with E-state index in [1.165, 1.54) is 43.5 Å². The van der Waals surface area contributed by atoms with Gasteiger partial charge < -0.3 is 4.74 Å². The number of hydrogen-bond donors (Lipinski definition) is 0. The van der Waals surface area contributed by atoms with E-state index >= 15 is 0 Å². The largest absolute Gasteiger partial charge is 0.424 e. The predicted molar refractivity (Wildman–Crippen MR) is 58.5 cm³/mol. The highest BCUT2D eigenvalue weighted by Gasteiger charge is 2.05. The van der Waals surface area contributed by atoms with Crippen LogP contribution in [-0.2, 0) is 0 Å². The second kappa shape index (κ2) is 4.69. The molecule has 5 heteroatoms. The Morgan fingerprint density at radius 3 is 2.59 bits per heavy atom. The summed E-state index contributed by atoms with van der Waals surface area (Å²) in [5.41, 5.74) is 0.275. The number of carbonyl (C=O) groups excluding carboxylic acids is 1. The molecule has 0 N–H and O–H groups in total. The third kappa shape index (κ3) is 2.84. The maximum absolute atomic E-state index is 12.7. The fourth-order valence-electron chi connectivity index (χ4n) is 1.19. The lowest BCUT2D eigenvalue weighted by atomic mass is 10.3. The molecule has 1 aromatic heterocycles. The minimum atomic E-state index is -0.351. The number of rotatable bonds is 3. The lowest BCUT2D eigenvalue weighted by molar-refractivity contribution is 0.101. The summed E-state index contributed by atoms with van der Waals surface area (Å²) in [5, 5.41) is 0. The maximum atomic E-state index is 12.7. The van der Waals surface area contributed by atoms with Crippen LogP contribution < -0.4 is 4.74 Å². The molecule has 17 heavy (non-hydrogen) atoms. The number of hydrogen-bond acceptors (Lipinski definition) is 4. The summed E-state index contributed by atoms with van der Waals surface area (Å²) in [4.78, 5) is 18.9. The number of ketones is 1. The molecular weight excluding hydrogens is 223 g/mol. The number of carbonyl (C=O) groups is 1. The zero-order chi connectivity index (χ0) is 12.3. The van der Waals surface area contributed by atoms with Crippen molar-refractivity contribution >= 4 is 5.78 Å². The Labute approximate surface area is 97.1 Å². The van der Waals surface area contributed by atoms with Crippen molar-refractivity contribution in [3.63, 3.8) is 0 Å². The molecule has 0 amide bonds. The minimum absolute atomic E-state index is 0.0595. The van der Waals surface area contributed by atoms with Crippen LogP contribution in [0.3, 0.4) is 0 Å². The van der Waals surface area contributed by atoms with Crippen LogP contribution in [0.25, 0.3) is 0 Å². The van der Waals surface area contributed by atoms with E-state index in [1.807, 2.05) is 0 Å². The maximum Gasteiger partial charge on any atom is 0.322 e. The summed E-state index contributed by atoms with van der Waals surface area (Å²) < 4.78 is 17.9. The Bertz CT molecular complexity index is 540. The summed E-state index contributed by atoms with van der Waals surface area (Å²) >= 11 is 0. The summed E-state index contributed by atoms with van der Waals surface area (Å²) in [7, 11) is 0. The van der Waals surface area contributed by atoms with E-state index in [2.05, 4.69) is 9.97 Å². The Hall–Kier alpha value is -2.30. The highest BCUT2D eigenvalue weighted by Crippen LogP contribution is 2.17. The van der Waals surface area contributed by atoms with Crippen molar-refractivity contribution in [1.82, 2.24) is 9.97 Å². The van der Waals surface area contributed by atoms with Gasteiger partial charge in [0.25, 0.3) is 0 Å². The molecule has 86 valence electrons. The van der Waals surface area contributed by atoms with Crippen molar-refractivity contribution < 1.29 is 13.9 Å². The Morgan fingerprint density at radius 2 is 1.94 bits per heavy atom. The lowest BCUT2D eigenvalue weighted by Gasteiger charge is -2.03. The van der Waals surface area contributed by atoms with Crippen molar-refractivity contribution in [2.45, 2.75) is 6.92 Å². The van der Waals surface area contributed by atoms with E-state index in [0.717, 1.165) is 0 Å². The van der Waals surface area contributed by atoms with Gasteiger partial charge in [-0.2, -0.15) is 4.98 Å². The Morgan fingerprint density at radius 1 is 1.24 bits per heavy atom. The number of Topliss-reactive ketones (excluding diaryl/α,β-unsaturated/α-hetero) is 1. The van der Waals surface area contributed by atoms with Gasteiger partial charge in [0.1, 0.15) is 17.3 Å². The van der Waals surface area contributed by atoms with E-state index < -0.39 is 0 Å². The summed E-state index contributed by atoms with van der Waals surface area (Å²) in [6.07, 6.45) is 1.43. The molecule has 0 saturated carbocycles. The fraction of sp³-hybridized carbons (Fsp3) is 0.0833. The van der Waals surface area contributed by atoms with Crippen LogP contribution in [0.5, 0.6) is 11.8 Å². The first-order valence-corrected chi connectivity index (χ1v) is 4.92. The third-order valence-corrected chi connectivity index (χ3v) is 2.02. The number of aromatic nitrogens is 2. The van der Waals surface area contributed by atoms with Crippen LogP contribution >= 0.6 is 0 Å². The normalized spacial score (nSPS) is 10.0. The minimum Gasteiger partial charge on any atom is -0.424 e. The topological polar surface area (TPSA) is 52.1 Å². The van der Waals surface area contributed by atoms with Crippen molar-refractivity contribution in [1.29, 1.82) is 0 Å². The van der Waals surface area contributed by atoms with Crippen molar-refractivity contribution in [2.24, 2.45) is 0 Å². The number of benzene rings is 1. The van der Waals surface area contributed by atoms with E-state index in [1.54, 1.807) is 0 Å². The first-order chi connectivity index (χ1) is 8.15. The Kier molecular flexibility index (Phi) is 3.09. The summed E-state index contributed by atoms with van der Waals surface area (Å²) in [6, 6.07) is 7.01. The third-order valence-electron chi connectivity index (χ3n) is 2.02. The second-order valence-electron chi connectivity index (χ2n) is 3.34. The highest BCUT2D eigenvalue weighted by molar-refractivity contribution is 5.91. The SMILES string of the molecule is CC(=O)c1ccnc(Oc2ccc(F)cc2)n1. The van der Waals surface area contributed by atoms with Gasteiger partial charge in [-0.3, -0.25) is 4.79 Å². The molecule has 0 aliphatic carbocycles. The zero-order valence-corrected chi connectivity index (χ0v) is 9.05. The molecule has 2 rings (SSSR count). The van der Waals surface area contributed by atoms with E-state index in [9.17, 15) is 9.18 Å². The molecule has 0 saturated heterocycles. The van der Waals surface area contributed by atoms with Crippen molar-refractivity contribution in [3.8, 4) is 11.8 Å². The van der Waals surface area contributed by atoms with Crippen LogP contribution in [-0.4, -0.2) is 15.8 Å². The van der Waals surface area contributed by atoms with Gasteiger partial charge in [0.15, 0.2) is 5.78 Å². The molecule has 0 aliphatic rings. The smallest absolute Gasteiger partial charge is 0.322 e. The molecular formula is C12H9FN2O2. The second-order valence-corrected chi connectivity index (χ2v) is 3.34. The van der Waals surface area contributed by atoms with Gasteiger partial charge in [-0.15, -0.1) is 0 Å². The molecule has 0 bridgehead atoms. The van der Waals surface area contributed by atoms with Crippen molar-refractivity contribution in [3.05, 3.63) is 48.0 Å². The average molecular weight is 232 g/mol. The molecule has 0 atom stereocenters. The predicted octanol–water partition coefficient (Wildman–Crippen LogP) is 2.61. The lowest BCUT2D eigenvalue weighted by Crippen LogP contribution is -1.99. The standard InChI is InChI=1S/C12H9FN2O2/c1-8(16)11-6-7-14-12(15-11)17-10-4-2-9(13)3-5-10/h2-7H,1H3. The fourth-order valence-corrected chi connectivity index (χ4v) is 1.19. The van der Waals surface area contributed by atoms with Gasteiger partial charge in [0.2, 0.25) is 0 Å². The zero-order valence-electron chi connectivity index (χ0n) is 9.05. The van der Waals surface area contributed by atoms with E-state index in [4.69, 9.17) is 4.74 Å². The Balaban J connectivity index is 2.21. The van der Waals surface area contributed by atoms with Gasteiger partial charge in [-0.05, 0) is 30.3 Å². The summed E-state index contributed by atoms with van der Waals surface area (Å²) in [6.45, 7) is 1.41. The van der Waals surface area contributed by atoms with Crippen LogP contribution in [0.4, 0.5) is 4.39 Å². The number of nitrogens with zero attached hydrogens (tertiary/aromatic N) is 2. The van der Waals surface area contributed by atoms with Gasteiger partial charge in [-0.1, -0.05) is 0 Å². The van der Waals surface area contributed by atoms with Crippen molar-refractivity contribution in [2.75, 3.05) is 0 Å². The first kappa shape index (κ1) is 11.2. The molecule has 0 spiro atoms. The quantitative estimate of drug-likeness (QED) is 0.763. The van der Waals surface area contributed by atoms with Crippen LogP contribution in [0.2, 0.25) is 0 Å². The van der Waals surface area contributed by atoms with Gasteiger partial charge in [-0.25, -0.2) is 9.37 Å². The molecule has 4 nitrogen and oxygen atoms in total. The highest BCUT2D eigenvalue weighted by atomic mass is 19.1. The van der Waals surface area contributed by atoms with Crippen LogP contribution in [0, 0.1) is 5.82 Å². The molecule has 0 radical (unpaired) electrons. The van der Waals surface area contributed by atoms with Crippen LogP contribution in [0.1, 0.15) is 17.4 Å².